The maximum Gasteiger partial charge on any atom is 0.256 e. The van der Waals surface area contributed by atoms with E-state index >= 15 is 0 Å². The quantitative estimate of drug-likeness (QED) is 0.875. The number of hydrogen-bond acceptors (Lipinski definition) is 3. The number of nitrogens with one attached hydrogen (secondary N) is 1. The summed E-state index contributed by atoms with van der Waals surface area (Å²) in [7, 11) is 0. The molecule has 24 heavy (non-hydrogen) atoms. The Labute approximate surface area is 142 Å². The topological polar surface area (TPSA) is 49.4 Å². The van der Waals surface area contributed by atoms with E-state index in [0.717, 1.165) is 28.8 Å². The molecule has 3 rings (SSSR count). The maximum atomic E-state index is 12.8. The van der Waals surface area contributed by atoms with Crippen LogP contribution in [0.15, 0.2) is 42.5 Å². The average molecular weight is 322 g/mol. The molecule has 124 valence electrons. The number of carbonyl (C=O) groups excluding carboxylic acids is 2. The Kier molecular flexibility index (Phi) is 4.38. The van der Waals surface area contributed by atoms with E-state index < -0.39 is 6.04 Å². The van der Waals surface area contributed by atoms with Crippen molar-refractivity contribution in [3.63, 3.8) is 0 Å². The molecule has 2 amide bonds. The number of rotatable bonds is 4. The number of anilines is 2. The molecule has 0 radical (unpaired) electrons. The number of amides is 2. The highest BCUT2D eigenvalue weighted by molar-refractivity contribution is 6.23. The number of carbonyl (C=O) groups is 2. The van der Waals surface area contributed by atoms with Gasteiger partial charge in [-0.3, -0.25) is 9.59 Å². The van der Waals surface area contributed by atoms with Crippen molar-refractivity contribution in [2.45, 2.75) is 39.7 Å². The largest absolute Gasteiger partial charge is 0.373 e. The molecule has 0 aliphatic carbocycles. The number of hydrogen-bond donors (Lipinski definition) is 1. The summed E-state index contributed by atoms with van der Waals surface area (Å²) in [6, 6.07) is 13.2. The highest BCUT2D eigenvalue weighted by Crippen LogP contribution is 2.29. The zero-order chi connectivity index (χ0) is 17.3. The number of imide groups is 1. The molecule has 4 nitrogen and oxygen atoms in total. The number of aryl methyl sites for hydroxylation is 3. The molecule has 0 saturated carbocycles. The molecular formula is C20H22N2O2. The molecule has 1 aliphatic heterocycles. The predicted molar refractivity (Wildman–Crippen MR) is 96.3 cm³/mol. The third-order valence-corrected chi connectivity index (χ3v) is 4.48. The molecule has 2 aromatic carbocycles. The Hall–Kier alpha value is -2.62. The lowest BCUT2D eigenvalue weighted by Gasteiger charge is -2.19. The first-order valence-corrected chi connectivity index (χ1v) is 8.29. The molecule has 4 heteroatoms. The van der Waals surface area contributed by atoms with Crippen molar-refractivity contribution in [1.82, 2.24) is 0 Å². The molecule has 0 aromatic heterocycles. The second kappa shape index (κ2) is 6.48. The molecule has 0 unspecified atom stereocenters. The first-order chi connectivity index (χ1) is 11.5. The SMILES string of the molecule is CCc1ccccc1N[C@H]1CC(=O)N(c2cc(C)ccc2C)C1=O. The van der Waals surface area contributed by atoms with Crippen LogP contribution < -0.4 is 10.2 Å². The van der Waals surface area contributed by atoms with E-state index in [9.17, 15) is 9.59 Å². The van der Waals surface area contributed by atoms with Crippen molar-refractivity contribution in [2.75, 3.05) is 10.2 Å². The summed E-state index contributed by atoms with van der Waals surface area (Å²) >= 11 is 0. The van der Waals surface area contributed by atoms with Gasteiger partial charge in [-0.1, -0.05) is 37.3 Å². The monoisotopic (exact) mass is 322 g/mol. The number of para-hydroxylation sites is 1. The Bertz CT molecular complexity index is 798. The second-order valence-electron chi connectivity index (χ2n) is 6.27. The molecule has 1 N–H and O–H groups in total. The molecule has 1 saturated heterocycles. The van der Waals surface area contributed by atoms with Gasteiger partial charge in [0, 0.05) is 5.69 Å². The lowest BCUT2D eigenvalue weighted by atomic mass is 10.1. The van der Waals surface area contributed by atoms with Gasteiger partial charge in [-0.2, -0.15) is 0 Å². The van der Waals surface area contributed by atoms with Crippen LogP contribution in [0.2, 0.25) is 0 Å². The highest BCUT2D eigenvalue weighted by atomic mass is 16.2. The van der Waals surface area contributed by atoms with Crippen molar-refractivity contribution in [3.05, 3.63) is 59.2 Å². The fraction of sp³-hybridized carbons (Fsp3) is 0.300. The van der Waals surface area contributed by atoms with Gasteiger partial charge in [0.1, 0.15) is 6.04 Å². The van der Waals surface area contributed by atoms with E-state index in [1.54, 1.807) is 0 Å². The van der Waals surface area contributed by atoms with Crippen LogP contribution in [0.4, 0.5) is 11.4 Å². The fourth-order valence-corrected chi connectivity index (χ4v) is 3.12. The van der Waals surface area contributed by atoms with Crippen LogP contribution >= 0.6 is 0 Å². The molecule has 0 spiro atoms. The Morgan fingerprint density at radius 2 is 1.88 bits per heavy atom. The minimum atomic E-state index is -0.509. The first kappa shape index (κ1) is 16.2. The molecule has 1 heterocycles. The molecular weight excluding hydrogens is 300 g/mol. The van der Waals surface area contributed by atoms with Gasteiger partial charge in [0.15, 0.2) is 0 Å². The third-order valence-electron chi connectivity index (χ3n) is 4.48. The first-order valence-electron chi connectivity index (χ1n) is 8.29. The van der Waals surface area contributed by atoms with Crippen LogP contribution in [0, 0.1) is 13.8 Å². The lowest BCUT2D eigenvalue weighted by molar-refractivity contribution is -0.121. The average Bonchev–Trinajstić information content (AvgIpc) is 2.84. The fourth-order valence-electron chi connectivity index (χ4n) is 3.12. The van der Waals surface area contributed by atoms with Crippen LogP contribution in [0.25, 0.3) is 0 Å². The van der Waals surface area contributed by atoms with E-state index in [1.165, 1.54) is 4.90 Å². The van der Waals surface area contributed by atoms with Gasteiger partial charge in [-0.25, -0.2) is 4.90 Å². The van der Waals surface area contributed by atoms with Gasteiger partial charge in [-0.15, -0.1) is 0 Å². The van der Waals surface area contributed by atoms with Crippen LogP contribution in [0.1, 0.15) is 30.0 Å². The molecule has 0 bridgehead atoms. The van der Waals surface area contributed by atoms with Crippen LogP contribution in [-0.4, -0.2) is 17.9 Å². The standard InChI is InChI=1S/C20H22N2O2/c1-4-15-7-5-6-8-16(15)21-17-12-19(23)22(20(17)24)18-11-13(2)9-10-14(18)3/h5-11,17,21H,4,12H2,1-3H3/t17-/m0/s1. The van der Waals surface area contributed by atoms with Gasteiger partial charge < -0.3 is 5.32 Å². The Morgan fingerprint density at radius 1 is 1.12 bits per heavy atom. The van der Waals surface area contributed by atoms with Gasteiger partial charge in [0.25, 0.3) is 5.91 Å². The van der Waals surface area contributed by atoms with Crippen molar-refractivity contribution < 1.29 is 9.59 Å². The molecule has 2 aromatic rings. The maximum absolute atomic E-state index is 12.8. The minimum absolute atomic E-state index is 0.153. The Morgan fingerprint density at radius 3 is 2.62 bits per heavy atom. The van der Waals surface area contributed by atoms with E-state index in [0.29, 0.717) is 5.69 Å². The predicted octanol–water partition coefficient (Wildman–Crippen LogP) is 3.61. The van der Waals surface area contributed by atoms with Crippen LogP contribution in [0.5, 0.6) is 0 Å². The molecule has 1 aliphatic rings. The summed E-state index contributed by atoms with van der Waals surface area (Å²) in [4.78, 5) is 26.6. The summed E-state index contributed by atoms with van der Waals surface area (Å²) in [6.45, 7) is 5.95. The zero-order valence-corrected chi connectivity index (χ0v) is 14.3. The van der Waals surface area contributed by atoms with Gasteiger partial charge in [0.2, 0.25) is 5.91 Å². The molecule has 1 fully saturated rings. The summed E-state index contributed by atoms with van der Waals surface area (Å²) in [5.41, 5.74) is 4.72. The van der Waals surface area contributed by atoms with E-state index in [4.69, 9.17) is 0 Å². The van der Waals surface area contributed by atoms with Gasteiger partial charge >= 0.3 is 0 Å². The number of benzene rings is 2. The second-order valence-corrected chi connectivity index (χ2v) is 6.27. The summed E-state index contributed by atoms with van der Waals surface area (Å²) in [5, 5.41) is 3.26. The minimum Gasteiger partial charge on any atom is -0.373 e. The number of nitrogens with zero attached hydrogens (tertiary/aromatic N) is 1. The summed E-state index contributed by atoms with van der Waals surface area (Å²) in [6.07, 6.45) is 1.06. The molecule has 1 atom stereocenters. The van der Waals surface area contributed by atoms with Crippen molar-refractivity contribution in [2.24, 2.45) is 0 Å². The van der Waals surface area contributed by atoms with Crippen molar-refractivity contribution in [1.29, 1.82) is 0 Å². The normalized spacial score (nSPS) is 17.5. The van der Waals surface area contributed by atoms with Gasteiger partial charge in [-0.05, 0) is 49.1 Å². The highest BCUT2D eigenvalue weighted by Gasteiger charge is 2.40. The lowest BCUT2D eigenvalue weighted by Crippen LogP contribution is -2.35. The summed E-state index contributed by atoms with van der Waals surface area (Å²) in [5.74, 6) is -0.334. The van der Waals surface area contributed by atoms with E-state index in [-0.39, 0.29) is 18.2 Å². The Balaban J connectivity index is 1.88. The van der Waals surface area contributed by atoms with Crippen molar-refractivity contribution in [3.8, 4) is 0 Å². The zero-order valence-electron chi connectivity index (χ0n) is 14.3. The van der Waals surface area contributed by atoms with Gasteiger partial charge in [0.05, 0.1) is 12.1 Å². The van der Waals surface area contributed by atoms with Crippen LogP contribution in [0.3, 0.4) is 0 Å². The summed E-state index contributed by atoms with van der Waals surface area (Å²) < 4.78 is 0. The van der Waals surface area contributed by atoms with E-state index in [1.807, 2.05) is 56.3 Å². The van der Waals surface area contributed by atoms with E-state index in [2.05, 4.69) is 12.2 Å². The van der Waals surface area contributed by atoms with Crippen LogP contribution in [-0.2, 0) is 16.0 Å². The third kappa shape index (κ3) is 2.92. The smallest absolute Gasteiger partial charge is 0.256 e. The van der Waals surface area contributed by atoms with Crippen molar-refractivity contribution >= 4 is 23.2 Å².